The quantitative estimate of drug-likeness (QED) is 0.621. The first-order valence-corrected chi connectivity index (χ1v) is 9.15. The molecule has 5 nitrogen and oxygen atoms in total. The number of Topliss-reactive ketones (excluding diaryl/α,β-unsaturated/α-hetero) is 2. The standard InChI is InChI=1S/C19H28O5/c1-15(2)6-4-7-16(3)11(15)5-8-17-9-12(20)18(23,10-17)13(21)14(22)19(16,17)24/h11,13,21,23-24H,4-10H2,1-3H3. The van der Waals surface area contributed by atoms with Gasteiger partial charge in [-0.25, -0.2) is 0 Å². The molecule has 2 bridgehead atoms. The first kappa shape index (κ1) is 16.7. The van der Waals surface area contributed by atoms with Gasteiger partial charge in [-0.1, -0.05) is 27.2 Å². The Morgan fingerprint density at radius 1 is 1.04 bits per heavy atom. The summed E-state index contributed by atoms with van der Waals surface area (Å²) in [7, 11) is 0. The average molecular weight is 336 g/mol. The summed E-state index contributed by atoms with van der Waals surface area (Å²) in [4.78, 5) is 25.6. The highest BCUT2D eigenvalue weighted by atomic mass is 16.4. The maximum absolute atomic E-state index is 13.1. The molecule has 6 unspecified atom stereocenters. The maximum atomic E-state index is 13.1. The van der Waals surface area contributed by atoms with E-state index in [9.17, 15) is 24.9 Å². The van der Waals surface area contributed by atoms with Crippen LogP contribution >= 0.6 is 0 Å². The predicted molar refractivity (Wildman–Crippen MR) is 86.1 cm³/mol. The third-order valence-corrected chi connectivity index (χ3v) is 8.38. The Balaban J connectivity index is 1.92. The predicted octanol–water partition coefficient (Wildman–Crippen LogP) is 1.37. The Hall–Kier alpha value is -0.780. The smallest absolute Gasteiger partial charge is 0.197 e. The minimum absolute atomic E-state index is 0.00494. The molecular formula is C19H28O5. The zero-order valence-corrected chi connectivity index (χ0v) is 14.8. The normalized spacial score (nSPS) is 55.9. The van der Waals surface area contributed by atoms with E-state index in [0.29, 0.717) is 12.8 Å². The van der Waals surface area contributed by atoms with E-state index in [4.69, 9.17) is 0 Å². The van der Waals surface area contributed by atoms with Gasteiger partial charge in [-0.2, -0.15) is 0 Å². The van der Waals surface area contributed by atoms with Crippen LogP contribution in [0.3, 0.4) is 0 Å². The number of hydrogen-bond donors (Lipinski definition) is 3. The van der Waals surface area contributed by atoms with Crippen molar-refractivity contribution >= 4 is 11.6 Å². The third-order valence-electron chi connectivity index (χ3n) is 8.38. The van der Waals surface area contributed by atoms with Crippen LogP contribution in [-0.2, 0) is 9.59 Å². The molecule has 0 aromatic carbocycles. The van der Waals surface area contributed by atoms with Gasteiger partial charge in [0.25, 0.3) is 0 Å². The molecule has 0 radical (unpaired) electrons. The highest BCUT2D eigenvalue weighted by Gasteiger charge is 2.80. The van der Waals surface area contributed by atoms with Crippen LogP contribution < -0.4 is 0 Å². The molecule has 4 aliphatic rings. The summed E-state index contributed by atoms with van der Waals surface area (Å²) in [5.74, 6) is -1.06. The summed E-state index contributed by atoms with van der Waals surface area (Å²) in [5.41, 5.74) is -5.33. The molecule has 0 amide bonds. The van der Waals surface area contributed by atoms with Crippen molar-refractivity contribution in [3.8, 4) is 0 Å². The van der Waals surface area contributed by atoms with E-state index in [2.05, 4.69) is 13.8 Å². The van der Waals surface area contributed by atoms with Gasteiger partial charge in [0.05, 0.1) is 0 Å². The zero-order chi connectivity index (χ0) is 17.8. The van der Waals surface area contributed by atoms with Gasteiger partial charge in [-0.3, -0.25) is 9.59 Å². The molecule has 4 fully saturated rings. The Bertz CT molecular complexity index is 642. The van der Waals surface area contributed by atoms with E-state index in [-0.39, 0.29) is 24.2 Å². The van der Waals surface area contributed by atoms with Crippen LogP contribution in [0.25, 0.3) is 0 Å². The molecule has 0 saturated heterocycles. The van der Waals surface area contributed by atoms with Crippen LogP contribution in [0.5, 0.6) is 0 Å². The molecule has 5 heteroatoms. The van der Waals surface area contributed by atoms with Crippen molar-refractivity contribution in [3.63, 3.8) is 0 Å². The molecule has 4 rings (SSSR count). The number of aliphatic hydroxyl groups is 3. The van der Waals surface area contributed by atoms with Crippen LogP contribution in [0.2, 0.25) is 0 Å². The van der Waals surface area contributed by atoms with Gasteiger partial charge in [0, 0.05) is 17.3 Å². The second-order valence-electron chi connectivity index (χ2n) is 9.81. The van der Waals surface area contributed by atoms with Crippen molar-refractivity contribution in [1.29, 1.82) is 0 Å². The fraction of sp³-hybridized carbons (Fsp3) is 0.895. The first-order valence-electron chi connectivity index (χ1n) is 9.15. The Morgan fingerprint density at radius 3 is 2.38 bits per heavy atom. The molecule has 3 N–H and O–H groups in total. The van der Waals surface area contributed by atoms with Crippen LogP contribution in [0.15, 0.2) is 0 Å². The second kappa shape index (κ2) is 4.30. The minimum Gasteiger partial charge on any atom is -0.382 e. The Morgan fingerprint density at radius 2 is 1.71 bits per heavy atom. The number of hydrogen-bond acceptors (Lipinski definition) is 5. The van der Waals surface area contributed by atoms with Gasteiger partial charge < -0.3 is 15.3 Å². The number of fused-ring (bicyclic) bond motifs is 3. The van der Waals surface area contributed by atoms with E-state index in [1.165, 1.54) is 0 Å². The zero-order valence-electron chi connectivity index (χ0n) is 14.8. The van der Waals surface area contributed by atoms with Gasteiger partial charge in [-0.15, -0.1) is 0 Å². The van der Waals surface area contributed by atoms with E-state index in [1.807, 2.05) is 6.92 Å². The summed E-state index contributed by atoms with van der Waals surface area (Å²) in [6, 6.07) is 0. The van der Waals surface area contributed by atoms with Gasteiger partial charge in [-0.05, 0) is 43.4 Å². The Kier molecular flexibility index (Phi) is 2.99. The van der Waals surface area contributed by atoms with Gasteiger partial charge in [0.2, 0.25) is 0 Å². The molecule has 0 heterocycles. The summed E-state index contributed by atoms with van der Waals surface area (Å²) in [6.45, 7) is 6.35. The molecule has 0 aliphatic heterocycles. The average Bonchev–Trinajstić information content (AvgIpc) is 2.73. The van der Waals surface area contributed by atoms with E-state index >= 15 is 0 Å². The molecule has 134 valence electrons. The van der Waals surface area contributed by atoms with Crippen LogP contribution in [0.1, 0.15) is 65.7 Å². The maximum Gasteiger partial charge on any atom is 0.197 e. The number of ketones is 2. The fourth-order valence-electron chi connectivity index (χ4n) is 7.25. The SMILES string of the molecule is CC1(C)CCCC2(C)C1CCC13CC(=O)C(O)(C1)C(O)C(=O)C32O. The lowest BCUT2D eigenvalue weighted by Crippen LogP contribution is -2.76. The number of aliphatic hydroxyl groups excluding tert-OH is 1. The summed E-state index contributed by atoms with van der Waals surface area (Å²) in [6.07, 6.45) is 2.26. The molecule has 6 atom stereocenters. The molecule has 4 saturated carbocycles. The van der Waals surface area contributed by atoms with E-state index < -0.39 is 39.7 Å². The van der Waals surface area contributed by atoms with Crippen molar-refractivity contribution in [2.45, 2.75) is 83.0 Å². The van der Waals surface area contributed by atoms with Gasteiger partial charge in [0.15, 0.2) is 23.3 Å². The lowest BCUT2D eigenvalue weighted by atomic mass is 9.38. The minimum atomic E-state index is -2.00. The van der Waals surface area contributed by atoms with Gasteiger partial charge in [0.1, 0.15) is 5.60 Å². The lowest BCUT2D eigenvalue weighted by Gasteiger charge is -2.67. The first-order chi connectivity index (χ1) is 10.9. The monoisotopic (exact) mass is 336 g/mol. The van der Waals surface area contributed by atoms with E-state index in [0.717, 1.165) is 19.3 Å². The largest absolute Gasteiger partial charge is 0.382 e. The highest BCUT2D eigenvalue weighted by molar-refractivity contribution is 6.06. The lowest BCUT2D eigenvalue weighted by molar-refractivity contribution is -0.262. The summed E-state index contributed by atoms with van der Waals surface area (Å²) in [5, 5.41) is 32.9. The second-order valence-corrected chi connectivity index (χ2v) is 9.81. The third kappa shape index (κ3) is 1.49. The topological polar surface area (TPSA) is 94.8 Å². The van der Waals surface area contributed by atoms with E-state index in [1.54, 1.807) is 0 Å². The number of carbonyl (C=O) groups excluding carboxylic acids is 2. The van der Waals surface area contributed by atoms with Crippen LogP contribution in [-0.4, -0.2) is 44.2 Å². The van der Waals surface area contributed by atoms with Gasteiger partial charge >= 0.3 is 0 Å². The molecule has 24 heavy (non-hydrogen) atoms. The van der Waals surface area contributed by atoms with Crippen molar-refractivity contribution < 1.29 is 24.9 Å². The van der Waals surface area contributed by atoms with Crippen LogP contribution in [0.4, 0.5) is 0 Å². The molecule has 1 spiro atoms. The van der Waals surface area contributed by atoms with Crippen molar-refractivity contribution in [2.75, 3.05) is 0 Å². The Labute approximate surface area is 142 Å². The van der Waals surface area contributed by atoms with Crippen LogP contribution in [0, 0.1) is 22.2 Å². The molecule has 0 aromatic rings. The number of rotatable bonds is 0. The fourth-order valence-corrected chi connectivity index (χ4v) is 7.25. The van der Waals surface area contributed by atoms with Crippen molar-refractivity contribution in [3.05, 3.63) is 0 Å². The molecular weight excluding hydrogens is 308 g/mol. The molecule has 4 aliphatic carbocycles. The highest BCUT2D eigenvalue weighted by Crippen LogP contribution is 2.72. The number of carbonyl (C=O) groups is 2. The summed E-state index contributed by atoms with van der Waals surface area (Å²) >= 11 is 0. The van der Waals surface area contributed by atoms with Crippen molar-refractivity contribution in [2.24, 2.45) is 22.2 Å². The molecule has 0 aromatic heterocycles. The van der Waals surface area contributed by atoms with Crippen molar-refractivity contribution in [1.82, 2.24) is 0 Å². The summed E-state index contributed by atoms with van der Waals surface area (Å²) < 4.78 is 0.